The molecule has 0 atom stereocenters. The average Bonchev–Trinajstić information content (AvgIpc) is 2.91. The van der Waals surface area contributed by atoms with E-state index in [1.165, 1.54) is 0 Å². The van der Waals surface area contributed by atoms with E-state index in [0.717, 1.165) is 28.2 Å². The van der Waals surface area contributed by atoms with Crippen molar-refractivity contribution in [3.8, 4) is 17.0 Å². The van der Waals surface area contributed by atoms with E-state index in [4.69, 9.17) is 9.72 Å². The number of aromatic nitrogens is 2. The van der Waals surface area contributed by atoms with Crippen LogP contribution in [-0.2, 0) is 4.79 Å². The van der Waals surface area contributed by atoms with Gasteiger partial charge in [0.15, 0.2) is 0 Å². The zero-order valence-corrected chi connectivity index (χ0v) is 15.0. The normalized spacial score (nSPS) is 11.1. The van der Waals surface area contributed by atoms with Crippen LogP contribution < -0.4 is 10.1 Å². The van der Waals surface area contributed by atoms with Gasteiger partial charge in [-0.25, -0.2) is 4.98 Å². The molecule has 0 saturated heterocycles. The van der Waals surface area contributed by atoms with Crippen LogP contribution in [0.1, 0.15) is 25.8 Å². The number of carbonyl (C=O) groups is 1. The maximum atomic E-state index is 12.3. The van der Waals surface area contributed by atoms with Gasteiger partial charge in [-0.05, 0) is 54.8 Å². The molecule has 5 nitrogen and oxygen atoms in total. The van der Waals surface area contributed by atoms with Crippen molar-refractivity contribution in [2.75, 3.05) is 12.4 Å². The number of hydrogen-bond acceptors (Lipinski definition) is 3. The number of ether oxygens (including phenoxy) is 1. The van der Waals surface area contributed by atoms with Crippen molar-refractivity contribution >= 4 is 17.4 Å². The molecule has 0 aliphatic rings. The van der Waals surface area contributed by atoms with Crippen molar-refractivity contribution in [3.05, 3.63) is 48.2 Å². The minimum absolute atomic E-state index is 0.00728. The lowest BCUT2D eigenvalue weighted by Crippen LogP contribution is -2.15. The molecule has 0 radical (unpaired) electrons. The summed E-state index contributed by atoms with van der Waals surface area (Å²) >= 11 is 0. The zero-order valence-electron chi connectivity index (χ0n) is 15.0. The second-order valence-electron chi connectivity index (χ2n) is 6.62. The minimum Gasteiger partial charge on any atom is -0.497 e. The number of imidazole rings is 1. The monoisotopic (exact) mass is 337 g/mol. The molecule has 2 aromatic heterocycles. The Hall–Kier alpha value is -2.82. The first-order chi connectivity index (χ1) is 12.0. The van der Waals surface area contributed by atoms with Gasteiger partial charge in [0.05, 0.1) is 7.11 Å². The average molecular weight is 337 g/mol. The summed E-state index contributed by atoms with van der Waals surface area (Å²) in [5.74, 6) is 1.78. The van der Waals surface area contributed by atoms with E-state index in [9.17, 15) is 4.79 Å². The van der Waals surface area contributed by atoms with Crippen LogP contribution >= 0.6 is 0 Å². The Bertz CT molecular complexity index is 895. The molecule has 130 valence electrons. The van der Waals surface area contributed by atoms with Crippen LogP contribution in [0.25, 0.3) is 16.9 Å². The minimum atomic E-state index is -0.00728. The number of aryl methyl sites for hydroxylation is 1. The highest BCUT2D eigenvalue weighted by Gasteiger charge is 2.17. The molecule has 0 fully saturated rings. The number of nitrogens with zero attached hydrogens (tertiary/aromatic N) is 2. The smallest absolute Gasteiger partial charge is 0.225 e. The Labute approximate surface area is 147 Å². The Morgan fingerprint density at radius 3 is 2.60 bits per heavy atom. The van der Waals surface area contributed by atoms with Crippen molar-refractivity contribution in [2.24, 2.45) is 5.92 Å². The zero-order chi connectivity index (χ0) is 18.0. The summed E-state index contributed by atoms with van der Waals surface area (Å²) in [6.07, 6.45) is 2.41. The van der Waals surface area contributed by atoms with Crippen LogP contribution in [0.2, 0.25) is 0 Å². The van der Waals surface area contributed by atoms with Gasteiger partial charge in [0.1, 0.15) is 22.9 Å². The topological polar surface area (TPSA) is 55.6 Å². The van der Waals surface area contributed by atoms with Gasteiger partial charge >= 0.3 is 0 Å². The van der Waals surface area contributed by atoms with Crippen molar-refractivity contribution in [1.29, 1.82) is 0 Å². The highest BCUT2D eigenvalue weighted by atomic mass is 16.5. The summed E-state index contributed by atoms with van der Waals surface area (Å²) in [7, 11) is 1.64. The van der Waals surface area contributed by atoms with Gasteiger partial charge < -0.3 is 10.1 Å². The summed E-state index contributed by atoms with van der Waals surface area (Å²) in [6.45, 7) is 6.09. The summed E-state index contributed by atoms with van der Waals surface area (Å²) in [4.78, 5) is 17.1. The number of benzene rings is 1. The number of hydrogen-bond donors (Lipinski definition) is 1. The van der Waals surface area contributed by atoms with Gasteiger partial charge in [-0.1, -0.05) is 13.8 Å². The third kappa shape index (κ3) is 3.65. The first kappa shape index (κ1) is 17.0. The predicted molar refractivity (Wildman–Crippen MR) is 100 cm³/mol. The lowest BCUT2D eigenvalue weighted by atomic mass is 10.1. The van der Waals surface area contributed by atoms with Crippen LogP contribution in [0.3, 0.4) is 0 Å². The van der Waals surface area contributed by atoms with E-state index in [0.29, 0.717) is 18.2 Å². The largest absolute Gasteiger partial charge is 0.497 e. The molecule has 3 rings (SSSR count). The number of methoxy groups -OCH3 is 1. The molecule has 0 unspecified atom stereocenters. The highest BCUT2D eigenvalue weighted by Crippen LogP contribution is 2.30. The van der Waals surface area contributed by atoms with Gasteiger partial charge in [-0.15, -0.1) is 0 Å². The van der Waals surface area contributed by atoms with Gasteiger partial charge in [-0.3, -0.25) is 9.20 Å². The lowest BCUT2D eigenvalue weighted by molar-refractivity contribution is -0.116. The quantitative estimate of drug-likeness (QED) is 0.755. The second-order valence-corrected chi connectivity index (χ2v) is 6.62. The van der Waals surface area contributed by atoms with Crippen molar-refractivity contribution in [1.82, 2.24) is 9.38 Å². The molecular formula is C20H23N3O2. The van der Waals surface area contributed by atoms with Gasteiger partial charge in [0.2, 0.25) is 5.91 Å². The van der Waals surface area contributed by atoms with Crippen LogP contribution in [0, 0.1) is 12.8 Å². The Kier molecular flexibility index (Phi) is 4.74. The molecule has 3 aromatic rings. The summed E-state index contributed by atoms with van der Waals surface area (Å²) in [5, 5.41) is 3.04. The summed E-state index contributed by atoms with van der Waals surface area (Å²) in [5.41, 5.74) is 3.62. The maximum Gasteiger partial charge on any atom is 0.225 e. The third-order valence-electron chi connectivity index (χ3n) is 4.00. The van der Waals surface area contributed by atoms with Gasteiger partial charge in [0.25, 0.3) is 0 Å². The number of pyridine rings is 1. The highest BCUT2D eigenvalue weighted by molar-refractivity contribution is 5.94. The molecule has 5 heteroatoms. The van der Waals surface area contributed by atoms with Crippen LogP contribution in [0.15, 0.2) is 42.6 Å². The van der Waals surface area contributed by atoms with Gasteiger partial charge in [0, 0.05) is 18.2 Å². The van der Waals surface area contributed by atoms with E-state index in [2.05, 4.69) is 5.32 Å². The van der Waals surface area contributed by atoms with Gasteiger partial charge in [-0.2, -0.15) is 0 Å². The number of rotatable bonds is 5. The first-order valence-corrected chi connectivity index (χ1v) is 8.41. The molecular weight excluding hydrogens is 314 g/mol. The summed E-state index contributed by atoms with van der Waals surface area (Å²) < 4.78 is 7.14. The molecule has 0 aliphatic heterocycles. The Balaban J connectivity index is 2.08. The number of anilines is 1. The fourth-order valence-electron chi connectivity index (χ4n) is 2.77. The molecule has 2 heterocycles. The number of amides is 1. The van der Waals surface area contributed by atoms with E-state index >= 15 is 0 Å². The fourth-order valence-corrected chi connectivity index (χ4v) is 2.77. The van der Waals surface area contributed by atoms with E-state index < -0.39 is 0 Å². The van der Waals surface area contributed by atoms with Crippen molar-refractivity contribution in [3.63, 3.8) is 0 Å². The van der Waals surface area contributed by atoms with E-state index in [1.807, 2.05) is 67.8 Å². The first-order valence-electron chi connectivity index (χ1n) is 8.41. The van der Waals surface area contributed by atoms with E-state index in [-0.39, 0.29) is 5.91 Å². The molecule has 0 aliphatic carbocycles. The van der Waals surface area contributed by atoms with Crippen LogP contribution in [-0.4, -0.2) is 22.4 Å². The number of carbonyl (C=O) groups excluding carboxylic acids is 1. The number of nitrogens with one attached hydrogen (secondary N) is 1. The summed E-state index contributed by atoms with van der Waals surface area (Å²) in [6, 6.07) is 11.7. The lowest BCUT2D eigenvalue weighted by Gasteiger charge is -2.09. The molecule has 1 aromatic carbocycles. The predicted octanol–water partition coefficient (Wildman–Crippen LogP) is 4.30. The molecule has 25 heavy (non-hydrogen) atoms. The molecule has 1 N–H and O–H groups in total. The van der Waals surface area contributed by atoms with Crippen LogP contribution in [0.5, 0.6) is 5.75 Å². The van der Waals surface area contributed by atoms with Crippen LogP contribution in [0.4, 0.5) is 5.82 Å². The van der Waals surface area contributed by atoms with Crippen molar-refractivity contribution < 1.29 is 9.53 Å². The molecule has 0 spiro atoms. The Morgan fingerprint density at radius 2 is 1.96 bits per heavy atom. The van der Waals surface area contributed by atoms with Crippen molar-refractivity contribution in [2.45, 2.75) is 27.2 Å². The molecule has 1 amide bonds. The Morgan fingerprint density at radius 1 is 1.24 bits per heavy atom. The maximum absolute atomic E-state index is 12.3. The number of fused-ring (bicyclic) bond motifs is 1. The third-order valence-corrected chi connectivity index (χ3v) is 4.00. The molecule has 0 bridgehead atoms. The SMILES string of the molecule is COc1ccc(-c2nc3cc(C)ccn3c2NC(=O)CC(C)C)cc1. The fraction of sp³-hybridized carbons (Fsp3) is 0.300. The molecule has 0 saturated carbocycles. The standard InChI is InChI=1S/C20H23N3O2/c1-13(2)11-18(24)22-20-19(15-5-7-16(25-4)8-6-15)21-17-12-14(3)9-10-23(17)20/h5-10,12-13H,11H2,1-4H3,(H,22,24). The second kappa shape index (κ2) is 6.97. The van der Waals surface area contributed by atoms with E-state index in [1.54, 1.807) is 7.11 Å².